The van der Waals surface area contributed by atoms with Gasteiger partial charge in [0.25, 0.3) is 0 Å². The Labute approximate surface area is 216 Å². The average molecular weight is 512 g/mol. The highest BCUT2D eigenvalue weighted by molar-refractivity contribution is 7.22. The number of H-pyrrole nitrogens is 1. The molecule has 186 valence electrons. The molecule has 5 nitrogen and oxygen atoms in total. The number of nitrogens with zero attached hydrogens (tertiary/aromatic N) is 2. The third-order valence-electron chi connectivity index (χ3n) is 7.12. The first kappa shape index (κ1) is 25.5. The van der Waals surface area contributed by atoms with Crippen LogP contribution in [-0.4, -0.2) is 20.3 Å². The molecule has 0 aliphatic heterocycles. The van der Waals surface area contributed by atoms with E-state index >= 15 is 0 Å². The minimum Gasteiger partial charge on any atom is -0.464 e. The maximum Gasteiger partial charge on any atom is 0.190 e. The van der Waals surface area contributed by atoms with Gasteiger partial charge >= 0.3 is 0 Å². The molecular formula is C28H34ClN3O2S. The molecule has 1 N–H and O–H groups in total. The lowest BCUT2D eigenvalue weighted by Gasteiger charge is -2.21. The second-order valence-corrected chi connectivity index (χ2v) is 11.2. The fourth-order valence-electron chi connectivity index (χ4n) is 4.77. The van der Waals surface area contributed by atoms with E-state index in [0.29, 0.717) is 5.41 Å². The molecule has 0 bridgehead atoms. The number of aryl methyl sites for hydroxylation is 3. The molecule has 0 amide bonds. The standard InChI is InChI=1S/C12H14O2.C10H15N.C6H5ClN2S/c1-2-3-4-5-9-8-14-11-7-6-10(13)12(9)11;1-3-10(2)6-4-9-8(10)5-7-11-9;1-9-3-8-4-2-5(7)10-6(4)9/h6-8H,2-5H2,1H3;5,7,11H,3-4,6H2,1-2H3;2-3H,1H3. The lowest BCUT2D eigenvalue weighted by atomic mass is 9.83. The number of aromatic amines is 1. The number of ketones is 1. The molecule has 0 radical (unpaired) electrons. The number of rotatable bonds is 5. The van der Waals surface area contributed by atoms with Crippen LogP contribution in [0.4, 0.5) is 0 Å². The zero-order valence-corrected chi connectivity index (χ0v) is 22.6. The minimum absolute atomic E-state index is 0.0975. The van der Waals surface area contributed by atoms with Crippen LogP contribution >= 0.6 is 22.9 Å². The predicted molar refractivity (Wildman–Crippen MR) is 146 cm³/mol. The Morgan fingerprint density at radius 2 is 2.11 bits per heavy atom. The number of halogens is 1. The van der Waals surface area contributed by atoms with Crippen molar-refractivity contribution >= 4 is 45.1 Å². The Hall–Kier alpha value is -2.57. The van der Waals surface area contributed by atoms with Crippen LogP contribution in [0.2, 0.25) is 4.34 Å². The molecule has 6 rings (SSSR count). The molecule has 0 fully saturated rings. The van der Waals surface area contributed by atoms with Gasteiger partial charge in [0.2, 0.25) is 0 Å². The summed E-state index contributed by atoms with van der Waals surface area (Å²) in [5, 5.41) is 0. The number of allylic oxidation sites excluding steroid dienone is 1. The van der Waals surface area contributed by atoms with Gasteiger partial charge in [0.05, 0.1) is 22.5 Å². The van der Waals surface area contributed by atoms with Crippen molar-refractivity contribution in [2.45, 2.75) is 71.1 Å². The van der Waals surface area contributed by atoms with Crippen molar-refractivity contribution in [3.8, 4) is 0 Å². The topological polar surface area (TPSA) is 63.8 Å². The second kappa shape index (κ2) is 11.0. The van der Waals surface area contributed by atoms with Crippen LogP contribution in [0.5, 0.6) is 0 Å². The van der Waals surface area contributed by atoms with E-state index in [-0.39, 0.29) is 5.78 Å². The van der Waals surface area contributed by atoms with Gasteiger partial charge < -0.3 is 14.0 Å². The summed E-state index contributed by atoms with van der Waals surface area (Å²) in [7, 11) is 1.96. The number of carbonyl (C=O) groups is 1. The molecule has 0 spiro atoms. The van der Waals surface area contributed by atoms with Gasteiger partial charge in [0.15, 0.2) is 5.78 Å². The first-order chi connectivity index (χ1) is 16.9. The number of nitrogens with one attached hydrogen (secondary N) is 1. The van der Waals surface area contributed by atoms with Gasteiger partial charge in [-0.25, -0.2) is 4.98 Å². The summed E-state index contributed by atoms with van der Waals surface area (Å²) in [6.45, 7) is 6.82. The summed E-state index contributed by atoms with van der Waals surface area (Å²) < 4.78 is 8.06. The molecule has 2 aliphatic rings. The van der Waals surface area contributed by atoms with Gasteiger partial charge in [-0.15, -0.1) is 11.3 Å². The monoisotopic (exact) mass is 511 g/mol. The normalized spacial score (nSPS) is 17.7. The summed E-state index contributed by atoms with van der Waals surface area (Å²) in [5.41, 5.74) is 6.34. The zero-order chi connectivity index (χ0) is 25.0. The Bertz CT molecular complexity index is 1330. The first-order valence-electron chi connectivity index (χ1n) is 12.4. The molecule has 7 heteroatoms. The van der Waals surface area contributed by atoms with Crippen molar-refractivity contribution in [1.29, 1.82) is 0 Å². The molecular weight excluding hydrogens is 478 g/mol. The van der Waals surface area contributed by atoms with Crippen molar-refractivity contribution in [3.05, 3.63) is 69.5 Å². The second-order valence-electron chi connectivity index (χ2n) is 9.54. The lowest BCUT2D eigenvalue weighted by molar-refractivity contribution is 0.104. The molecule has 0 saturated carbocycles. The fourth-order valence-corrected chi connectivity index (χ4v) is 5.85. The van der Waals surface area contributed by atoms with Crippen LogP contribution < -0.4 is 0 Å². The minimum atomic E-state index is 0.0975. The van der Waals surface area contributed by atoms with Crippen molar-refractivity contribution in [3.63, 3.8) is 0 Å². The maximum atomic E-state index is 11.4. The highest BCUT2D eigenvalue weighted by atomic mass is 35.5. The molecule has 0 aromatic carbocycles. The maximum absolute atomic E-state index is 11.4. The third-order valence-corrected chi connectivity index (χ3v) is 8.47. The van der Waals surface area contributed by atoms with E-state index in [0.717, 1.165) is 44.4 Å². The highest BCUT2D eigenvalue weighted by Crippen LogP contribution is 2.40. The smallest absolute Gasteiger partial charge is 0.190 e. The van der Waals surface area contributed by atoms with E-state index in [1.165, 1.54) is 37.8 Å². The molecule has 1 atom stereocenters. The quantitative estimate of drug-likeness (QED) is 0.275. The first-order valence-corrected chi connectivity index (χ1v) is 13.6. The number of hydrogen-bond donors (Lipinski definition) is 1. The van der Waals surface area contributed by atoms with E-state index in [1.807, 2.05) is 17.7 Å². The predicted octanol–water partition coefficient (Wildman–Crippen LogP) is 8.14. The lowest BCUT2D eigenvalue weighted by Crippen LogP contribution is -2.15. The number of imidazole rings is 1. The molecule has 2 aliphatic carbocycles. The fraction of sp³-hybridized carbons (Fsp3) is 0.429. The summed E-state index contributed by atoms with van der Waals surface area (Å²) in [5.74, 6) is 0.835. The van der Waals surface area contributed by atoms with Crippen molar-refractivity contribution in [1.82, 2.24) is 14.5 Å². The van der Waals surface area contributed by atoms with Crippen LogP contribution in [0.1, 0.15) is 85.8 Å². The largest absolute Gasteiger partial charge is 0.464 e. The SMILES string of the molecule is CCC1(C)CCc2[nH]ccc21.CCCCCc1coc2c1C(=O)C=C2.Cn1cnc2cc(Cl)sc21. The Morgan fingerprint density at radius 1 is 1.29 bits per heavy atom. The molecule has 35 heavy (non-hydrogen) atoms. The number of fused-ring (bicyclic) bond motifs is 3. The van der Waals surface area contributed by atoms with E-state index in [2.05, 4.69) is 43.0 Å². The summed E-state index contributed by atoms with van der Waals surface area (Å²) >= 11 is 7.31. The number of furan rings is 1. The van der Waals surface area contributed by atoms with Crippen molar-refractivity contribution in [2.75, 3.05) is 0 Å². The van der Waals surface area contributed by atoms with Crippen LogP contribution in [-0.2, 0) is 25.3 Å². The molecule has 4 aromatic rings. The number of carbonyl (C=O) groups excluding carboxylic acids is 1. The van der Waals surface area contributed by atoms with E-state index < -0.39 is 0 Å². The van der Waals surface area contributed by atoms with Gasteiger partial charge in [-0.05, 0) is 67.4 Å². The molecule has 4 heterocycles. The number of aromatic nitrogens is 3. The Kier molecular flexibility index (Phi) is 8.02. The van der Waals surface area contributed by atoms with Gasteiger partial charge in [0, 0.05) is 24.5 Å². The molecule has 1 unspecified atom stereocenters. The number of hydrogen-bond acceptors (Lipinski definition) is 4. The highest BCUT2D eigenvalue weighted by Gasteiger charge is 2.32. The van der Waals surface area contributed by atoms with Gasteiger partial charge in [-0.1, -0.05) is 45.2 Å². The molecule has 0 saturated heterocycles. The van der Waals surface area contributed by atoms with E-state index in [9.17, 15) is 4.79 Å². The van der Waals surface area contributed by atoms with Crippen molar-refractivity contribution < 1.29 is 9.21 Å². The van der Waals surface area contributed by atoms with E-state index in [4.69, 9.17) is 16.0 Å². The van der Waals surface area contributed by atoms with Gasteiger partial charge in [-0.3, -0.25) is 4.79 Å². The Morgan fingerprint density at radius 3 is 2.86 bits per heavy atom. The van der Waals surface area contributed by atoms with Crippen LogP contribution in [0.3, 0.4) is 0 Å². The van der Waals surface area contributed by atoms with Crippen LogP contribution in [0.15, 0.2) is 41.4 Å². The zero-order valence-electron chi connectivity index (χ0n) is 21.0. The van der Waals surface area contributed by atoms with Crippen LogP contribution in [0.25, 0.3) is 16.4 Å². The summed E-state index contributed by atoms with van der Waals surface area (Å²) in [6.07, 6.45) is 17.2. The van der Waals surface area contributed by atoms with E-state index in [1.54, 1.807) is 41.6 Å². The summed E-state index contributed by atoms with van der Waals surface area (Å²) in [4.78, 5) is 20.0. The van der Waals surface area contributed by atoms with Crippen LogP contribution in [0, 0.1) is 0 Å². The van der Waals surface area contributed by atoms with Gasteiger partial charge in [-0.2, -0.15) is 0 Å². The number of unbranched alkanes of at least 4 members (excludes halogenated alkanes) is 2. The Balaban J connectivity index is 0.000000126. The average Bonchev–Trinajstić information content (AvgIpc) is 3.66. The van der Waals surface area contributed by atoms with Crippen molar-refractivity contribution in [2.24, 2.45) is 7.05 Å². The number of thiophene rings is 1. The van der Waals surface area contributed by atoms with Gasteiger partial charge in [0.1, 0.15) is 16.1 Å². The third kappa shape index (κ3) is 5.49. The molecule has 4 aromatic heterocycles. The summed E-state index contributed by atoms with van der Waals surface area (Å²) in [6, 6.07) is 4.12.